The molecule has 0 heterocycles. The predicted molar refractivity (Wildman–Crippen MR) is 71.4 cm³/mol. The number of hydrogen-bond acceptors (Lipinski definition) is 3. The van der Waals surface area contributed by atoms with Gasteiger partial charge in [0, 0.05) is 5.56 Å². The van der Waals surface area contributed by atoms with Crippen molar-refractivity contribution in [3.05, 3.63) is 29.8 Å². The largest absolute Gasteiger partial charge is 0.435 e. The minimum Gasteiger partial charge on any atom is -0.435 e. The van der Waals surface area contributed by atoms with Crippen molar-refractivity contribution in [2.45, 2.75) is 26.0 Å². The van der Waals surface area contributed by atoms with E-state index in [9.17, 15) is 13.6 Å². The molecule has 0 unspecified atom stereocenters. The summed E-state index contributed by atoms with van der Waals surface area (Å²) >= 11 is 4.82. The second-order valence-electron chi connectivity index (χ2n) is 4.35. The maximum Gasteiger partial charge on any atom is 0.387 e. The van der Waals surface area contributed by atoms with Crippen LogP contribution in [0.4, 0.5) is 8.78 Å². The number of halogens is 2. The van der Waals surface area contributed by atoms with Gasteiger partial charge in [-0.15, -0.1) is 0 Å². The van der Waals surface area contributed by atoms with Gasteiger partial charge in [0.15, 0.2) is 0 Å². The van der Waals surface area contributed by atoms with E-state index in [-0.39, 0.29) is 16.3 Å². The zero-order chi connectivity index (χ0) is 14.6. The first kappa shape index (κ1) is 15.3. The summed E-state index contributed by atoms with van der Waals surface area (Å²) in [6, 6.07) is 5.47. The first-order chi connectivity index (χ1) is 8.72. The number of amides is 1. The quantitative estimate of drug-likeness (QED) is 0.814. The second-order valence-corrected chi connectivity index (χ2v) is 4.79. The number of thiocarbonyl (C=S) groups is 1. The molecular formula is C12H14F2N2O2S. The van der Waals surface area contributed by atoms with Crippen molar-refractivity contribution < 1.29 is 18.3 Å². The fraction of sp³-hybridized carbons (Fsp3) is 0.333. The maximum absolute atomic E-state index is 12.1. The van der Waals surface area contributed by atoms with E-state index in [0.717, 1.165) is 0 Å². The van der Waals surface area contributed by atoms with E-state index in [4.69, 9.17) is 18.0 Å². The number of ether oxygens (including phenoxy) is 1. The Morgan fingerprint density at radius 3 is 2.63 bits per heavy atom. The average Bonchev–Trinajstić information content (AvgIpc) is 2.27. The van der Waals surface area contributed by atoms with E-state index in [1.165, 1.54) is 24.3 Å². The highest BCUT2D eigenvalue weighted by Crippen LogP contribution is 2.16. The predicted octanol–water partition coefficient (Wildman–Crippen LogP) is 2.08. The standard InChI is InChI=1S/C12H14F2N2O2S/c1-12(2,10(15)19)16-9(17)7-4-3-5-8(6-7)18-11(13)14/h3-6,11H,1-2H3,(H2,15,19)(H,16,17). The fourth-order valence-electron chi connectivity index (χ4n) is 1.23. The molecule has 0 saturated carbocycles. The van der Waals surface area contributed by atoms with Crippen LogP contribution >= 0.6 is 12.2 Å². The Morgan fingerprint density at radius 1 is 1.47 bits per heavy atom. The molecule has 0 bridgehead atoms. The zero-order valence-electron chi connectivity index (χ0n) is 10.4. The molecule has 0 fully saturated rings. The third-order valence-corrected chi connectivity index (χ3v) is 2.87. The van der Waals surface area contributed by atoms with Crippen molar-refractivity contribution in [1.29, 1.82) is 0 Å². The lowest BCUT2D eigenvalue weighted by Gasteiger charge is -2.24. The summed E-state index contributed by atoms with van der Waals surface area (Å²) in [7, 11) is 0. The van der Waals surface area contributed by atoms with Crippen LogP contribution in [0.2, 0.25) is 0 Å². The Hall–Kier alpha value is -1.76. The molecule has 1 amide bonds. The summed E-state index contributed by atoms with van der Waals surface area (Å²) in [5.74, 6) is -0.562. The molecule has 3 N–H and O–H groups in total. The van der Waals surface area contributed by atoms with E-state index in [0.29, 0.717) is 0 Å². The molecule has 0 aliphatic heterocycles. The Bertz CT molecular complexity index is 492. The number of benzene rings is 1. The molecule has 1 aromatic rings. The van der Waals surface area contributed by atoms with E-state index >= 15 is 0 Å². The van der Waals surface area contributed by atoms with Crippen molar-refractivity contribution in [2.75, 3.05) is 0 Å². The van der Waals surface area contributed by atoms with E-state index in [1.54, 1.807) is 13.8 Å². The normalized spacial score (nSPS) is 11.2. The number of nitrogens with one attached hydrogen (secondary N) is 1. The highest BCUT2D eigenvalue weighted by molar-refractivity contribution is 7.80. The molecule has 0 radical (unpaired) electrons. The van der Waals surface area contributed by atoms with Crippen LogP contribution in [0.25, 0.3) is 0 Å². The number of carbonyl (C=O) groups is 1. The van der Waals surface area contributed by atoms with Crippen molar-refractivity contribution in [2.24, 2.45) is 5.73 Å². The molecule has 0 aromatic heterocycles. The van der Waals surface area contributed by atoms with Gasteiger partial charge in [-0.25, -0.2) is 0 Å². The average molecular weight is 288 g/mol. The fourth-order valence-corrected chi connectivity index (χ4v) is 1.28. The van der Waals surface area contributed by atoms with Gasteiger partial charge in [0.1, 0.15) is 5.75 Å². The van der Waals surface area contributed by atoms with Gasteiger partial charge in [0.05, 0.1) is 10.5 Å². The zero-order valence-corrected chi connectivity index (χ0v) is 11.3. The molecule has 0 aliphatic rings. The van der Waals surface area contributed by atoms with Crippen LogP contribution in [-0.2, 0) is 0 Å². The van der Waals surface area contributed by atoms with Gasteiger partial charge < -0.3 is 15.8 Å². The number of nitrogens with two attached hydrogens (primary N) is 1. The molecule has 0 atom stereocenters. The highest BCUT2D eigenvalue weighted by Gasteiger charge is 2.24. The third kappa shape index (κ3) is 4.44. The summed E-state index contributed by atoms with van der Waals surface area (Å²) in [5, 5.41) is 2.60. The minimum absolute atomic E-state index is 0.0872. The first-order valence-electron chi connectivity index (χ1n) is 5.39. The summed E-state index contributed by atoms with van der Waals surface area (Å²) in [4.78, 5) is 12.1. The van der Waals surface area contributed by atoms with Crippen molar-refractivity contribution in [3.63, 3.8) is 0 Å². The molecule has 0 saturated heterocycles. The molecule has 1 aromatic carbocycles. The lowest BCUT2D eigenvalue weighted by atomic mass is 10.0. The van der Waals surface area contributed by atoms with Crippen molar-refractivity contribution in [1.82, 2.24) is 5.32 Å². The Morgan fingerprint density at radius 2 is 2.11 bits per heavy atom. The lowest BCUT2D eigenvalue weighted by Crippen LogP contribution is -2.52. The van der Waals surface area contributed by atoms with Gasteiger partial charge in [-0.05, 0) is 32.0 Å². The summed E-state index contributed by atoms with van der Waals surface area (Å²) in [5.41, 5.74) is 4.80. The van der Waals surface area contributed by atoms with Crippen molar-refractivity contribution >= 4 is 23.1 Å². The number of hydrogen-bond donors (Lipinski definition) is 2. The maximum atomic E-state index is 12.1. The monoisotopic (exact) mass is 288 g/mol. The van der Waals surface area contributed by atoms with Crippen molar-refractivity contribution in [3.8, 4) is 5.75 Å². The Labute approximate surface area is 114 Å². The number of alkyl halides is 2. The molecule has 0 aliphatic carbocycles. The first-order valence-corrected chi connectivity index (χ1v) is 5.80. The van der Waals surface area contributed by atoms with Crippen LogP contribution in [0.15, 0.2) is 24.3 Å². The number of carbonyl (C=O) groups excluding carboxylic acids is 1. The molecule has 104 valence electrons. The second kappa shape index (κ2) is 5.92. The Kier molecular flexibility index (Phi) is 4.77. The number of rotatable bonds is 5. The van der Waals surface area contributed by atoms with Gasteiger partial charge in [0.2, 0.25) is 0 Å². The topological polar surface area (TPSA) is 64.3 Å². The van der Waals surface area contributed by atoms with E-state index < -0.39 is 18.1 Å². The summed E-state index contributed by atoms with van der Waals surface area (Å²) in [6.45, 7) is 0.353. The van der Waals surface area contributed by atoms with Gasteiger partial charge in [-0.3, -0.25) is 4.79 Å². The van der Waals surface area contributed by atoms with Gasteiger partial charge in [0.25, 0.3) is 5.91 Å². The smallest absolute Gasteiger partial charge is 0.387 e. The molecule has 0 spiro atoms. The van der Waals surface area contributed by atoms with Crippen LogP contribution in [0.5, 0.6) is 5.75 Å². The van der Waals surface area contributed by atoms with E-state index in [2.05, 4.69) is 10.1 Å². The van der Waals surface area contributed by atoms with Crippen LogP contribution in [-0.4, -0.2) is 23.0 Å². The molecule has 4 nitrogen and oxygen atoms in total. The van der Waals surface area contributed by atoms with Crippen LogP contribution in [0.1, 0.15) is 24.2 Å². The van der Waals surface area contributed by atoms with Gasteiger partial charge in [-0.1, -0.05) is 18.3 Å². The lowest BCUT2D eigenvalue weighted by molar-refractivity contribution is -0.0498. The molecule has 19 heavy (non-hydrogen) atoms. The van der Waals surface area contributed by atoms with Crippen LogP contribution in [0, 0.1) is 0 Å². The van der Waals surface area contributed by atoms with Crippen LogP contribution in [0.3, 0.4) is 0 Å². The SMILES string of the molecule is CC(C)(NC(=O)c1cccc(OC(F)F)c1)C(N)=S. The summed E-state index contributed by atoms with van der Waals surface area (Å²) < 4.78 is 28.4. The van der Waals surface area contributed by atoms with Gasteiger partial charge >= 0.3 is 6.61 Å². The summed E-state index contributed by atoms with van der Waals surface area (Å²) in [6.07, 6.45) is 0. The molecule has 7 heteroatoms. The minimum atomic E-state index is -2.94. The van der Waals surface area contributed by atoms with Crippen LogP contribution < -0.4 is 15.8 Å². The van der Waals surface area contributed by atoms with E-state index in [1.807, 2.05) is 0 Å². The molecular weight excluding hydrogens is 274 g/mol. The molecule has 1 rings (SSSR count). The van der Waals surface area contributed by atoms with Gasteiger partial charge in [-0.2, -0.15) is 8.78 Å². The Balaban J connectivity index is 2.86. The third-order valence-electron chi connectivity index (χ3n) is 2.36. The highest BCUT2D eigenvalue weighted by atomic mass is 32.1.